The molecule has 1 unspecified atom stereocenters. The monoisotopic (exact) mass is 497 g/mol. The lowest BCUT2D eigenvalue weighted by Crippen LogP contribution is -2.46. The van der Waals surface area contributed by atoms with Gasteiger partial charge in [0.25, 0.3) is 5.91 Å². The SMILES string of the molecule is CN=C(NCCNC(=O)c1ccco1)NC1CC(=O)N(c2ccccc2)C1.I. The van der Waals surface area contributed by atoms with Crippen molar-refractivity contribution in [1.29, 1.82) is 0 Å². The molecule has 0 bridgehead atoms. The smallest absolute Gasteiger partial charge is 0.287 e. The molecule has 1 fully saturated rings. The van der Waals surface area contributed by atoms with Crippen LogP contribution in [0.25, 0.3) is 0 Å². The summed E-state index contributed by atoms with van der Waals surface area (Å²) in [6.07, 6.45) is 1.87. The molecule has 0 saturated carbocycles. The van der Waals surface area contributed by atoms with Crippen molar-refractivity contribution in [2.45, 2.75) is 12.5 Å². The fourth-order valence-electron chi connectivity index (χ4n) is 2.90. The predicted molar refractivity (Wildman–Crippen MR) is 118 cm³/mol. The summed E-state index contributed by atoms with van der Waals surface area (Å²) in [5, 5.41) is 9.14. The number of furan rings is 1. The van der Waals surface area contributed by atoms with Crippen LogP contribution in [0.15, 0.2) is 58.1 Å². The van der Waals surface area contributed by atoms with Crippen LogP contribution in [-0.2, 0) is 4.79 Å². The summed E-state index contributed by atoms with van der Waals surface area (Å²) in [6.45, 7) is 1.49. The van der Waals surface area contributed by atoms with Gasteiger partial charge in [0.1, 0.15) is 0 Å². The highest BCUT2D eigenvalue weighted by Gasteiger charge is 2.30. The zero-order chi connectivity index (χ0) is 19.1. The Balaban J connectivity index is 0.00000280. The summed E-state index contributed by atoms with van der Waals surface area (Å²) in [6, 6.07) is 12.9. The highest BCUT2D eigenvalue weighted by Crippen LogP contribution is 2.20. The second kappa shape index (κ2) is 10.7. The van der Waals surface area contributed by atoms with E-state index in [2.05, 4.69) is 20.9 Å². The summed E-state index contributed by atoms with van der Waals surface area (Å²) in [5.41, 5.74) is 0.899. The minimum atomic E-state index is -0.260. The lowest BCUT2D eigenvalue weighted by atomic mass is 10.2. The number of benzene rings is 1. The van der Waals surface area contributed by atoms with Gasteiger partial charge in [-0.05, 0) is 24.3 Å². The first-order chi connectivity index (χ1) is 13.2. The van der Waals surface area contributed by atoms with Gasteiger partial charge in [0.15, 0.2) is 11.7 Å². The van der Waals surface area contributed by atoms with Gasteiger partial charge < -0.3 is 25.3 Å². The maximum Gasteiger partial charge on any atom is 0.287 e. The molecule has 2 amide bonds. The Bertz CT molecular complexity index is 795. The van der Waals surface area contributed by atoms with Crippen LogP contribution < -0.4 is 20.9 Å². The maximum atomic E-state index is 12.3. The second-order valence-corrected chi connectivity index (χ2v) is 6.12. The van der Waals surface area contributed by atoms with Crippen LogP contribution in [0.4, 0.5) is 5.69 Å². The molecule has 3 rings (SSSR count). The van der Waals surface area contributed by atoms with Crippen molar-refractivity contribution in [1.82, 2.24) is 16.0 Å². The number of amides is 2. The van der Waals surface area contributed by atoms with Gasteiger partial charge in [0.2, 0.25) is 5.91 Å². The van der Waals surface area contributed by atoms with Gasteiger partial charge >= 0.3 is 0 Å². The number of para-hydroxylation sites is 1. The average molecular weight is 497 g/mol. The standard InChI is InChI=1S/C19H23N5O3.HI/c1-20-19(22-10-9-21-18(26)16-8-5-11-27-16)23-14-12-17(25)24(13-14)15-6-3-2-4-7-15;/h2-8,11,14H,9-10,12-13H2,1H3,(H,21,26)(H2,20,22,23);1H. The number of rotatable bonds is 6. The van der Waals surface area contributed by atoms with E-state index in [0.717, 1.165) is 5.69 Å². The molecule has 0 spiro atoms. The molecule has 28 heavy (non-hydrogen) atoms. The molecule has 0 radical (unpaired) electrons. The molecule has 2 aromatic rings. The zero-order valence-corrected chi connectivity index (χ0v) is 17.9. The molecule has 3 N–H and O–H groups in total. The number of aliphatic imine (C=N–C) groups is 1. The van der Waals surface area contributed by atoms with Crippen LogP contribution in [0.1, 0.15) is 17.0 Å². The van der Waals surface area contributed by atoms with Crippen LogP contribution in [-0.4, -0.2) is 50.5 Å². The van der Waals surface area contributed by atoms with Crippen molar-refractivity contribution >= 4 is 47.4 Å². The summed E-state index contributed by atoms with van der Waals surface area (Å²) in [5.74, 6) is 0.697. The summed E-state index contributed by atoms with van der Waals surface area (Å²) in [7, 11) is 1.67. The van der Waals surface area contributed by atoms with Gasteiger partial charge in [-0.25, -0.2) is 0 Å². The van der Waals surface area contributed by atoms with Crippen molar-refractivity contribution in [2.24, 2.45) is 4.99 Å². The van der Waals surface area contributed by atoms with Gasteiger partial charge in [-0.2, -0.15) is 0 Å². The average Bonchev–Trinajstić information content (AvgIpc) is 3.34. The summed E-state index contributed by atoms with van der Waals surface area (Å²) in [4.78, 5) is 30.0. The molecule has 1 aromatic heterocycles. The number of carbonyl (C=O) groups is 2. The Morgan fingerprint density at radius 1 is 1.18 bits per heavy atom. The Morgan fingerprint density at radius 3 is 2.61 bits per heavy atom. The minimum absolute atomic E-state index is 0. The fraction of sp³-hybridized carbons (Fsp3) is 0.316. The number of hydrogen-bond acceptors (Lipinski definition) is 4. The summed E-state index contributed by atoms with van der Waals surface area (Å²) >= 11 is 0. The second-order valence-electron chi connectivity index (χ2n) is 6.12. The van der Waals surface area contributed by atoms with Crippen molar-refractivity contribution in [2.75, 3.05) is 31.6 Å². The van der Waals surface area contributed by atoms with E-state index in [-0.39, 0.29) is 47.6 Å². The molecule has 0 aliphatic carbocycles. The molecule has 1 aliphatic heterocycles. The topological polar surface area (TPSA) is 99.0 Å². The number of hydrogen-bond donors (Lipinski definition) is 3. The first kappa shape index (κ1) is 21.7. The number of anilines is 1. The number of nitrogens with one attached hydrogen (secondary N) is 3. The van der Waals surface area contributed by atoms with E-state index in [0.29, 0.717) is 32.0 Å². The van der Waals surface area contributed by atoms with Gasteiger partial charge in [-0.15, -0.1) is 24.0 Å². The van der Waals surface area contributed by atoms with E-state index in [9.17, 15) is 9.59 Å². The minimum Gasteiger partial charge on any atom is -0.459 e. The molecule has 150 valence electrons. The molecular formula is C19H24IN5O3. The fourth-order valence-corrected chi connectivity index (χ4v) is 2.90. The highest BCUT2D eigenvalue weighted by molar-refractivity contribution is 14.0. The molecule has 9 heteroatoms. The van der Waals surface area contributed by atoms with Crippen LogP contribution >= 0.6 is 24.0 Å². The van der Waals surface area contributed by atoms with E-state index in [4.69, 9.17) is 4.42 Å². The van der Waals surface area contributed by atoms with Crippen LogP contribution in [0.5, 0.6) is 0 Å². The summed E-state index contributed by atoms with van der Waals surface area (Å²) < 4.78 is 5.03. The van der Waals surface area contributed by atoms with E-state index in [1.165, 1.54) is 6.26 Å². The van der Waals surface area contributed by atoms with Crippen molar-refractivity contribution in [3.8, 4) is 0 Å². The predicted octanol–water partition coefficient (Wildman–Crippen LogP) is 1.60. The molecule has 1 aliphatic rings. The van der Waals surface area contributed by atoms with Gasteiger partial charge in [-0.3, -0.25) is 14.6 Å². The number of nitrogens with zero attached hydrogens (tertiary/aromatic N) is 2. The lowest BCUT2D eigenvalue weighted by Gasteiger charge is -2.19. The quantitative estimate of drug-likeness (QED) is 0.244. The molecule has 8 nitrogen and oxygen atoms in total. The van der Waals surface area contributed by atoms with Crippen LogP contribution in [0.3, 0.4) is 0 Å². The number of halogens is 1. The lowest BCUT2D eigenvalue weighted by molar-refractivity contribution is -0.117. The molecule has 1 aromatic carbocycles. The Kier molecular flexibility index (Phi) is 8.30. The first-order valence-electron chi connectivity index (χ1n) is 8.81. The molecule has 1 saturated heterocycles. The van der Waals surface area contributed by atoms with Gasteiger partial charge in [0.05, 0.1) is 12.3 Å². The molecule has 2 heterocycles. The Labute approximate surface area is 180 Å². The van der Waals surface area contributed by atoms with E-state index >= 15 is 0 Å². The van der Waals surface area contributed by atoms with Crippen molar-refractivity contribution in [3.05, 3.63) is 54.5 Å². The van der Waals surface area contributed by atoms with Crippen molar-refractivity contribution < 1.29 is 14.0 Å². The van der Waals surface area contributed by atoms with E-state index in [1.54, 1.807) is 24.1 Å². The Morgan fingerprint density at radius 2 is 1.93 bits per heavy atom. The third kappa shape index (κ3) is 5.72. The number of carbonyl (C=O) groups excluding carboxylic acids is 2. The van der Waals surface area contributed by atoms with E-state index in [1.807, 2.05) is 30.3 Å². The van der Waals surface area contributed by atoms with Gasteiger partial charge in [0, 0.05) is 38.8 Å². The normalized spacial score (nSPS) is 16.5. The third-order valence-electron chi connectivity index (χ3n) is 4.21. The highest BCUT2D eigenvalue weighted by atomic mass is 127. The number of guanidine groups is 1. The van der Waals surface area contributed by atoms with Crippen LogP contribution in [0.2, 0.25) is 0 Å². The van der Waals surface area contributed by atoms with E-state index < -0.39 is 0 Å². The largest absolute Gasteiger partial charge is 0.459 e. The zero-order valence-electron chi connectivity index (χ0n) is 15.6. The van der Waals surface area contributed by atoms with Crippen LogP contribution in [0, 0.1) is 0 Å². The maximum absolute atomic E-state index is 12.3. The van der Waals surface area contributed by atoms with Crippen molar-refractivity contribution in [3.63, 3.8) is 0 Å². The third-order valence-corrected chi connectivity index (χ3v) is 4.21. The molecule has 1 atom stereocenters. The van der Waals surface area contributed by atoms with Gasteiger partial charge in [-0.1, -0.05) is 18.2 Å². The molecular weight excluding hydrogens is 473 g/mol. The Hall–Kier alpha value is -2.56. The first-order valence-corrected chi connectivity index (χ1v) is 8.81.